The van der Waals surface area contributed by atoms with E-state index in [1.165, 1.54) is 6.92 Å². The summed E-state index contributed by atoms with van der Waals surface area (Å²) >= 11 is 0. The summed E-state index contributed by atoms with van der Waals surface area (Å²) in [5, 5.41) is 0. The Balaban J connectivity index is 2.22. The molecule has 5 atom stereocenters. The molecule has 1 heterocycles. The standard InChI is InChI=1S/C23H28O12/c1-12(24)30-18-8-6-17(7-9-18)10-11-29-22-20(32-14(3)26)19(31-13(2)25)21(33-15(4)27)23(35-22)34-16(5)28/h6-9,19-23H,10-11H2,1-5H3/t19-,20-,21+,22-,23+/m1/s1. The molecule has 0 spiro atoms. The Hall–Kier alpha value is -3.51. The van der Waals surface area contributed by atoms with Crippen LogP contribution in [0.2, 0.25) is 0 Å². The van der Waals surface area contributed by atoms with Crippen molar-refractivity contribution < 1.29 is 57.1 Å². The summed E-state index contributed by atoms with van der Waals surface area (Å²) in [7, 11) is 0. The molecule has 35 heavy (non-hydrogen) atoms. The van der Waals surface area contributed by atoms with Gasteiger partial charge in [0.1, 0.15) is 5.75 Å². The van der Waals surface area contributed by atoms with Crippen LogP contribution in [0.15, 0.2) is 24.3 Å². The predicted molar refractivity (Wildman–Crippen MR) is 114 cm³/mol. The zero-order chi connectivity index (χ0) is 26.1. The molecular weight excluding hydrogens is 468 g/mol. The van der Waals surface area contributed by atoms with Crippen molar-refractivity contribution in [1.82, 2.24) is 0 Å². The van der Waals surface area contributed by atoms with Crippen LogP contribution in [0.3, 0.4) is 0 Å². The van der Waals surface area contributed by atoms with Crippen LogP contribution in [0.5, 0.6) is 5.75 Å². The van der Waals surface area contributed by atoms with E-state index in [1.54, 1.807) is 24.3 Å². The van der Waals surface area contributed by atoms with Crippen LogP contribution in [0.1, 0.15) is 40.2 Å². The topological polar surface area (TPSA) is 150 Å². The molecule has 0 radical (unpaired) electrons. The minimum Gasteiger partial charge on any atom is -0.454 e. The van der Waals surface area contributed by atoms with E-state index in [0.717, 1.165) is 33.3 Å². The van der Waals surface area contributed by atoms with E-state index in [9.17, 15) is 24.0 Å². The second-order valence-electron chi connectivity index (χ2n) is 7.56. The molecule has 1 aromatic rings. The first-order chi connectivity index (χ1) is 16.5. The molecule has 0 bridgehead atoms. The molecule has 192 valence electrons. The van der Waals surface area contributed by atoms with Crippen molar-refractivity contribution in [2.45, 2.75) is 71.9 Å². The lowest BCUT2D eigenvalue weighted by Crippen LogP contribution is -2.62. The molecule has 1 saturated heterocycles. The van der Waals surface area contributed by atoms with Crippen LogP contribution in [0.4, 0.5) is 0 Å². The highest BCUT2D eigenvalue weighted by molar-refractivity contribution is 5.69. The van der Waals surface area contributed by atoms with Gasteiger partial charge in [0.05, 0.1) is 6.61 Å². The third-order valence-corrected chi connectivity index (χ3v) is 4.50. The van der Waals surface area contributed by atoms with E-state index in [0.29, 0.717) is 12.2 Å². The van der Waals surface area contributed by atoms with Crippen molar-refractivity contribution in [1.29, 1.82) is 0 Å². The van der Waals surface area contributed by atoms with Gasteiger partial charge in [0, 0.05) is 34.6 Å². The maximum Gasteiger partial charge on any atom is 0.308 e. The lowest BCUT2D eigenvalue weighted by molar-refractivity contribution is -0.344. The Morgan fingerprint density at radius 3 is 1.63 bits per heavy atom. The second-order valence-corrected chi connectivity index (χ2v) is 7.56. The van der Waals surface area contributed by atoms with Crippen molar-refractivity contribution in [2.24, 2.45) is 0 Å². The highest BCUT2D eigenvalue weighted by Crippen LogP contribution is 2.30. The smallest absolute Gasteiger partial charge is 0.308 e. The van der Waals surface area contributed by atoms with E-state index in [2.05, 4.69) is 0 Å². The Morgan fingerprint density at radius 2 is 1.14 bits per heavy atom. The Bertz CT molecular complexity index is 925. The summed E-state index contributed by atoms with van der Waals surface area (Å²) < 4.78 is 37.3. The molecule has 1 aromatic carbocycles. The monoisotopic (exact) mass is 496 g/mol. The van der Waals surface area contributed by atoms with Gasteiger partial charge in [-0.25, -0.2) is 0 Å². The largest absolute Gasteiger partial charge is 0.454 e. The zero-order valence-corrected chi connectivity index (χ0v) is 20.0. The van der Waals surface area contributed by atoms with E-state index in [4.69, 9.17) is 33.2 Å². The van der Waals surface area contributed by atoms with Gasteiger partial charge in [-0.1, -0.05) is 12.1 Å². The molecule has 0 aromatic heterocycles. The van der Waals surface area contributed by atoms with Crippen molar-refractivity contribution in [3.05, 3.63) is 29.8 Å². The summed E-state index contributed by atoms with van der Waals surface area (Å²) in [6.45, 7) is 5.80. The maximum absolute atomic E-state index is 11.8. The van der Waals surface area contributed by atoms with Gasteiger partial charge in [-0.2, -0.15) is 0 Å². The number of esters is 5. The lowest BCUT2D eigenvalue weighted by atomic mass is 10.0. The average Bonchev–Trinajstić information content (AvgIpc) is 2.72. The van der Waals surface area contributed by atoms with Crippen molar-refractivity contribution in [2.75, 3.05) is 6.61 Å². The van der Waals surface area contributed by atoms with Gasteiger partial charge >= 0.3 is 29.8 Å². The summed E-state index contributed by atoms with van der Waals surface area (Å²) in [4.78, 5) is 57.9. The minimum atomic E-state index is -1.50. The summed E-state index contributed by atoms with van der Waals surface area (Å²) in [5.41, 5.74) is 0.826. The number of ether oxygens (including phenoxy) is 7. The van der Waals surface area contributed by atoms with Crippen LogP contribution in [-0.4, -0.2) is 67.3 Å². The van der Waals surface area contributed by atoms with Gasteiger partial charge in [-0.15, -0.1) is 0 Å². The van der Waals surface area contributed by atoms with Crippen molar-refractivity contribution >= 4 is 29.8 Å². The van der Waals surface area contributed by atoms with Gasteiger partial charge in [0.15, 0.2) is 12.2 Å². The number of rotatable bonds is 9. The maximum atomic E-state index is 11.8. The van der Waals surface area contributed by atoms with E-state index < -0.39 is 60.7 Å². The van der Waals surface area contributed by atoms with Gasteiger partial charge in [0.2, 0.25) is 18.7 Å². The highest BCUT2D eigenvalue weighted by atomic mass is 16.8. The molecule has 12 nitrogen and oxygen atoms in total. The fourth-order valence-corrected chi connectivity index (χ4v) is 3.31. The molecule has 12 heteroatoms. The first-order valence-electron chi connectivity index (χ1n) is 10.7. The van der Waals surface area contributed by atoms with E-state index in [-0.39, 0.29) is 6.61 Å². The van der Waals surface area contributed by atoms with Crippen LogP contribution in [0.25, 0.3) is 0 Å². The van der Waals surface area contributed by atoms with E-state index >= 15 is 0 Å². The lowest BCUT2D eigenvalue weighted by Gasteiger charge is -2.43. The Morgan fingerprint density at radius 1 is 0.657 bits per heavy atom. The SMILES string of the molecule is CC(=O)Oc1ccc(CCO[C@@H]2O[C@H](OC(C)=O)[C@@H](OC(C)=O)[C@H](OC(C)=O)[C@H]2OC(C)=O)cc1. The van der Waals surface area contributed by atoms with Gasteiger partial charge < -0.3 is 33.2 Å². The molecule has 0 amide bonds. The van der Waals surface area contributed by atoms with Gasteiger partial charge in [0.25, 0.3) is 0 Å². The van der Waals surface area contributed by atoms with Gasteiger partial charge in [-0.05, 0) is 24.1 Å². The molecule has 0 N–H and O–H groups in total. The number of benzene rings is 1. The first kappa shape index (κ1) is 27.7. The summed E-state index contributed by atoms with van der Waals surface area (Å²) in [5.74, 6) is -3.09. The Kier molecular flexibility index (Phi) is 10.2. The summed E-state index contributed by atoms with van der Waals surface area (Å²) in [6, 6.07) is 6.69. The second kappa shape index (κ2) is 12.8. The van der Waals surface area contributed by atoms with Crippen LogP contribution in [0, 0.1) is 0 Å². The third kappa shape index (κ3) is 8.98. The molecule has 0 saturated carbocycles. The molecule has 1 fully saturated rings. The van der Waals surface area contributed by atoms with Crippen LogP contribution in [-0.2, 0) is 58.8 Å². The fourth-order valence-electron chi connectivity index (χ4n) is 3.31. The van der Waals surface area contributed by atoms with Crippen molar-refractivity contribution in [3.8, 4) is 5.75 Å². The normalized spacial score (nSPS) is 23.5. The fraction of sp³-hybridized carbons (Fsp3) is 0.522. The third-order valence-electron chi connectivity index (χ3n) is 4.50. The number of hydrogen-bond donors (Lipinski definition) is 0. The van der Waals surface area contributed by atoms with Crippen LogP contribution < -0.4 is 4.74 Å². The highest BCUT2D eigenvalue weighted by Gasteiger charge is 2.53. The quantitative estimate of drug-likeness (QED) is 0.275. The average molecular weight is 496 g/mol. The molecule has 2 rings (SSSR count). The number of carbonyl (C=O) groups is 5. The molecule has 1 aliphatic rings. The zero-order valence-electron chi connectivity index (χ0n) is 20.0. The number of carbonyl (C=O) groups excluding carboxylic acids is 5. The predicted octanol–water partition coefficient (Wildman–Crippen LogP) is 1.21. The number of hydrogen-bond acceptors (Lipinski definition) is 12. The molecule has 0 unspecified atom stereocenters. The van der Waals surface area contributed by atoms with Gasteiger partial charge in [-0.3, -0.25) is 24.0 Å². The van der Waals surface area contributed by atoms with E-state index in [1.807, 2.05) is 0 Å². The Labute approximate surface area is 201 Å². The first-order valence-corrected chi connectivity index (χ1v) is 10.7. The summed E-state index contributed by atoms with van der Waals surface area (Å²) in [6.07, 6.45) is -6.60. The van der Waals surface area contributed by atoms with Crippen molar-refractivity contribution in [3.63, 3.8) is 0 Å². The van der Waals surface area contributed by atoms with Crippen LogP contribution >= 0.6 is 0 Å². The molecule has 0 aliphatic carbocycles. The molecular formula is C23H28O12. The molecule has 1 aliphatic heterocycles. The minimum absolute atomic E-state index is 0.0488.